The molecule has 146 valence electrons. The van der Waals surface area contributed by atoms with Gasteiger partial charge in [0.15, 0.2) is 0 Å². The number of ether oxygens (including phenoxy) is 1. The molecule has 3 heterocycles. The zero-order chi connectivity index (χ0) is 19.7. The maximum absolute atomic E-state index is 12.8. The number of hydrogen-bond donors (Lipinski definition) is 0. The van der Waals surface area contributed by atoms with E-state index in [0.717, 1.165) is 41.4 Å². The molecule has 1 amide bonds. The molecule has 1 aliphatic rings. The smallest absolute Gasteiger partial charge is 0.253 e. The second-order valence-electron chi connectivity index (χ2n) is 8.19. The molecule has 0 bridgehead atoms. The Balaban J connectivity index is 1.33. The van der Waals surface area contributed by atoms with Crippen molar-refractivity contribution in [1.82, 2.24) is 23.8 Å². The summed E-state index contributed by atoms with van der Waals surface area (Å²) in [6, 6.07) is 9.31. The van der Waals surface area contributed by atoms with Crippen LogP contribution in [0.25, 0.3) is 11.0 Å². The number of amides is 1. The molecule has 28 heavy (non-hydrogen) atoms. The molecule has 0 radical (unpaired) electrons. The molecule has 1 atom stereocenters. The fraction of sp³-hybridized carbons (Fsp3) is 0.450. The molecule has 4 rings (SSSR count). The maximum atomic E-state index is 12.8. The zero-order valence-electron chi connectivity index (χ0n) is 16.3. The summed E-state index contributed by atoms with van der Waals surface area (Å²) in [6.45, 7) is 8.25. The predicted octanol–water partition coefficient (Wildman–Crippen LogP) is 3.32. The number of carbonyl (C=O) groups excluding carboxylic acids is 1. The molecule has 8 heteroatoms. The standard InChI is InChI=1S/C20H23N5O2S/c1-20(2,3)17-6-7-18(22-21-17)27-12-13-8-9-25(11-13)19(26)14-4-5-15-16(10-14)24-28-23-15/h4-7,10,13H,8-9,11-12H2,1-3H3. The fourth-order valence-electron chi connectivity index (χ4n) is 3.25. The molecular formula is C20H23N5O2S. The molecule has 0 N–H and O–H groups in total. The molecule has 0 spiro atoms. The van der Waals surface area contributed by atoms with Gasteiger partial charge in [0.2, 0.25) is 5.88 Å². The summed E-state index contributed by atoms with van der Waals surface area (Å²) in [7, 11) is 0. The molecule has 1 unspecified atom stereocenters. The first-order chi connectivity index (χ1) is 13.4. The largest absolute Gasteiger partial charge is 0.476 e. The van der Waals surface area contributed by atoms with E-state index in [2.05, 4.69) is 39.7 Å². The lowest BCUT2D eigenvalue weighted by Gasteiger charge is -2.18. The minimum atomic E-state index is -0.0323. The lowest BCUT2D eigenvalue weighted by molar-refractivity contribution is 0.0783. The molecule has 1 aromatic carbocycles. The molecule has 7 nitrogen and oxygen atoms in total. The average Bonchev–Trinajstić information content (AvgIpc) is 3.34. The summed E-state index contributed by atoms with van der Waals surface area (Å²) in [5, 5.41) is 8.42. The van der Waals surface area contributed by atoms with Crippen LogP contribution in [0.5, 0.6) is 5.88 Å². The lowest BCUT2D eigenvalue weighted by Crippen LogP contribution is -2.29. The van der Waals surface area contributed by atoms with Crippen molar-refractivity contribution in [3.05, 3.63) is 41.6 Å². The van der Waals surface area contributed by atoms with Crippen molar-refractivity contribution in [2.24, 2.45) is 5.92 Å². The second kappa shape index (κ2) is 7.43. The Bertz CT molecular complexity index is 980. The highest BCUT2D eigenvalue weighted by Crippen LogP contribution is 2.23. The number of rotatable bonds is 4. The number of carbonyl (C=O) groups is 1. The normalized spacial score (nSPS) is 17.2. The third kappa shape index (κ3) is 3.96. The number of nitrogens with zero attached hydrogens (tertiary/aromatic N) is 5. The third-order valence-electron chi connectivity index (χ3n) is 4.95. The van der Waals surface area contributed by atoms with Crippen molar-refractivity contribution < 1.29 is 9.53 Å². The van der Waals surface area contributed by atoms with E-state index in [-0.39, 0.29) is 17.2 Å². The lowest BCUT2D eigenvalue weighted by atomic mass is 9.92. The number of likely N-dealkylation sites (tertiary alicyclic amines) is 1. The number of hydrogen-bond acceptors (Lipinski definition) is 7. The van der Waals surface area contributed by atoms with E-state index >= 15 is 0 Å². The maximum Gasteiger partial charge on any atom is 0.253 e. The van der Waals surface area contributed by atoms with E-state index in [1.807, 2.05) is 35.2 Å². The van der Waals surface area contributed by atoms with Crippen LogP contribution >= 0.6 is 11.7 Å². The highest BCUT2D eigenvalue weighted by molar-refractivity contribution is 7.00. The van der Waals surface area contributed by atoms with Gasteiger partial charge in [-0.05, 0) is 30.7 Å². The van der Waals surface area contributed by atoms with Gasteiger partial charge < -0.3 is 9.64 Å². The van der Waals surface area contributed by atoms with Crippen LogP contribution in [0.1, 0.15) is 43.2 Å². The average molecular weight is 398 g/mol. The van der Waals surface area contributed by atoms with Crippen molar-refractivity contribution in [2.75, 3.05) is 19.7 Å². The van der Waals surface area contributed by atoms with Crippen molar-refractivity contribution in [2.45, 2.75) is 32.6 Å². The van der Waals surface area contributed by atoms with Gasteiger partial charge in [-0.15, -0.1) is 5.10 Å². The van der Waals surface area contributed by atoms with E-state index in [0.29, 0.717) is 24.6 Å². The molecule has 0 aliphatic carbocycles. The minimum absolute atomic E-state index is 0.0323. The predicted molar refractivity (Wildman–Crippen MR) is 108 cm³/mol. The summed E-state index contributed by atoms with van der Waals surface area (Å²) in [5.74, 6) is 0.851. The Morgan fingerprint density at radius 1 is 1.18 bits per heavy atom. The summed E-state index contributed by atoms with van der Waals surface area (Å²) in [4.78, 5) is 14.7. The van der Waals surface area contributed by atoms with Gasteiger partial charge in [-0.1, -0.05) is 20.8 Å². The molecule has 0 saturated carbocycles. The summed E-state index contributed by atoms with van der Waals surface area (Å²) in [5.41, 5.74) is 3.16. The Labute approximate surface area is 168 Å². The summed E-state index contributed by atoms with van der Waals surface area (Å²) >= 11 is 1.16. The SMILES string of the molecule is CC(C)(C)c1ccc(OCC2CCN(C(=O)c3ccc4nsnc4c3)C2)nn1. The van der Waals surface area contributed by atoms with Crippen molar-refractivity contribution in [3.8, 4) is 5.88 Å². The van der Waals surface area contributed by atoms with Gasteiger partial charge in [-0.2, -0.15) is 13.8 Å². The Kier molecular flexibility index (Phi) is 4.97. The van der Waals surface area contributed by atoms with Gasteiger partial charge in [-0.3, -0.25) is 4.79 Å². The van der Waals surface area contributed by atoms with Gasteiger partial charge in [0.25, 0.3) is 5.91 Å². The zero-order valence-corrected chi connectivity index (χ0v) is 17.1. The van der Waals surface area contributed by atoms with E-state index in [1.54, 1.807) is 0 Å². The monoisotopic (exact) mass is 397 g/mol. The quantitative estimate of drug-likeness (QED) is 0.672. The third-order valence-corrected chi connectivity index (χ3v) is 5.51. The van der Waals surface area contributed by atoms with Gasteiger partial charge in [0.05, 0.1) is 24.0 Å². The van der Waals surface area contributed by atoms with Crippen LogP contribution in [-0.2, 0) is 5.41 Å². The first-order valence-electron chi connectivity index (χ1n) is 9.39. The van der Waals surface area contributed by atoms with E-state index in [9.17, 15) is 4.79 Å². The topological polar surface area (TPSA) is 81.1 Å². The van der Waals surface area contributed by atoms with Gasteiger partial charge >= 0.3 is 0 Å². The van der Waals surface area contributed by atoms with E-state index in [4.69, 9.17) is 4.74 Å². The van der Waals surface area contributed by atoms with Crippen LogP contribution in [0.3, 0.4) is 0 Å². The van der Waals surface area contributed by atoms with Crippen LogP contribution in [0.4, 0.5) is 0 Å². The van der Waals surface area contributed by atoms with Crippen molar-refractivity contribution >= 4 is 28.7 Å². The van der Waals surface area contributed by atoms with Crippen LogP contribution in [0, 0.1) is 5.92 Å². The number of fused-ring (bicyclic) bond motifs is 1. The number of benzene rings is 1. The molecule has 2 aromatic heterocycles. The summed E-state index contributed by atoms with van der Waals surface area (Å²) < 4.78 is 14.2. The highest BCUT2D eigenvalue weighted by Gasteiger charge is 2.28. The summed E-state index contributed by atoms with van der Waals surface area (Å²) in [6.07, 6.45) is 0.916. The first-order valence-corrected chi connectivity index (χ1v) is 10.1. The first kappa shape index (κ1) is 18.7. The van der Waals surface area contributed by atoms with Crippen LogP contribution in [0.2, 0.25) is 0 Å². The Hall–Kier alpha value is -2.61. The van der Waals surface area contributed by atoms with E-state index < -0.39 is 0 Å². The van der Waals surface area contributed by atoms with E-state index in [1.165, 1.54) is 0 Å². The molecule has 3 aromatic rings. The number of aromatic nitrogens is 4. The molecule has 1 saturated heterocycles. The van der Waals surface area contributed by atoms with Crippen molar-refractivity contribution in [3.63, 3.8) is 0 Å². The van der Waals surface area contributed by atoms with Crippen LogP contribution < -0.4 is 4.74 Å². The van der Waals surface area contributed by atoms with Crippen LogP contribution in [0.15, 0.2) is 30.3 Å². The minimum Gasteiger partial charge on any atom is -0.476 e. The molecule has 1 aliphatic heterocycles. The second-order valence-corrected chi connectivity index (χ2v) is 8.72. The Morgan fingerprint density at radius 2 is 2.00 bits per heavy atom. The molecule has 1 fully saturated rings. The van der Waals surface area contributed by atoms with Crippen LogP contribution in [-0.4, -0.2) is 49.4 Å². The molecular weight excluding hydrogens is 374 g/mol. The highest BCUT2D eigenvalue weighted by atomic mass is 32.1. The van der Waals surface area contributed by atoms with Crippen molar-refractivity contribution in [1.29, 1.82) is 0 Å². The van der Waals surface area contributed by atoms with Gasteiger partial charge in [-0.25, -0.2) is 0 Å². The Morgan fingerprint density at radius 3 is 2.75 bits per heavy atom. The van der Waals surface area contributed by atoms with Gasteiger partial charge in [0, 0.05) is 36.1 Å². The van der Waals surface area contributed by atoms with Gasteiger partial charge in [0.1, 0.15) is 11.0 Å². The fourth-order valence-corrected chi connectivity index (χ4v) is 3.77.